The van der Waals surface area contributed by atoms with Crippen LogP contribution in [0.4, 0.5) is 0 Å². The number of nitrogens with zero attached hydrogens (tertiary/aromatic N) is 2. The summed E-state index contributed by atoms with van der Waals surface area (Å²) in [6, 6.07) is 4.35. The van der Waals surface area contributed by atoms with Gasteiger partial charge in [0.2, 0.25) is 0 Å². The first-order valence-corrected chi connectivity index (χ1v) is 7.70. The Hall–Kier alpha value is -0.420. The summed E-state index contributed by atoms with van der Waals surface area (Å²) in [5, 5.41) is 5.68. The zero-order valence-corrected chi connectivity index (χ0v) is 12.8. The molecule has 1 aromatic heterocycles. The summed E-state index contributed by atoms with van der Waals surface area (Å²) in [4.78, 5) is 6.19. The SMILES string of the molecule is CCN(CCNCCCN(C)C)Cc1cccs1. The molecule has 0 aliphatic rings. The Bertz CT molecular complexity index is 285. The fourth-order valence-corrected chi connectivity index (χ4v) is 2.60. The number of nitrogens with one attached hydrogen (secondary N) is 1. The molecule has 0 radical (unpaired) electrons. The third kappa shape index (κ3) is 7.11. The molecular formula is C14H27N3S. The lowest BCUT2D eigenvalue weighted by Crippen LogP contribution is -2.32. The van der Waals surface area contributed by atoms with Crippen LogP contribution in [0.3, 0.4) is 0 Å². The van der Waals surface area contributed by atoms with Gasteiger partial charge in [0.1, 0.15) is 0 Å². The van der Waals surface area contributed by atoms with Gasteiger partial charge in [0.15, 0.2) is 0 Å². The van der Waals surface area contributed by atoms with Crippen molar-refractivity contribution < 1.29 is 0 Å². The predicted octanol–water partition coefficient (Wildman–Crippen LogP) is 2.11. The Morgan fingerprint density at radius 3 is 2.67 bits per heavy atom. The molecule has 18 heavy (non-hydrogen) atoms. The van der Waals surface area contributed by atoms with Crippen LogP contribution < -0.4 is 5.32 Å². The summed E-state index contributed by atoms with van der Waals surface area (Å²) in [6.07, 6.45) is 1.23. The van der Waals surface area contributed by atoms with Crippen LogP contribution in [0.1, 0.15) is 18.2 Å². The van der Waals surface area contributed by atoms with Crippen LogP contribution in [0, 0.1) is 0 Å². The van der Waals surface area contributed by atoms with E-state index < -0.39 is 0 Å². The Kier molecular flexibility index (Phi) is 8.25. The number of rotatable bonds is 10. The van der Waals surface area contributed by atoms with Gasteiger partial charge in [0, 0.05) is 24.5 Å². The van der Waals surface area contributed by atoms with Crippen molar-refractivity contribution in [3.05, 3.63) is 22.4 Å². The lowest BCUT2D eigenvalue weighted by atomic mass is 10.3. The highest BCUT2D eigenvalue weighted by Crippen LogP contribution is 2.11. The minimum atomic E-state index is 1.09. The van der Waals surface area contributed by atoms with Crippen LogP contribution in [-0.2, 0) is 6.54 Å². The van der Waals surface area contributed by atoms with E-state index in [1.165, 1.54) is 17.8 Å². The molecule has 1 N–H and O–H groups in total. The summed E-state index contributed by atoms with van der Waals surface area (Å²) in [6.45, 7) is 8.96. The molecular weight excluding hydrogens is 242 g/mol. The quantitative estimate of drug-likeness (QED) is 0.656. The predicted molar refractivity (Wildman–Crippen MR) is 81.3 cm³/mol. The van der Waals surface area contributed by atoms with Gasteiger partial charge in [-0.2, -0.15) is 0 Å². The van der Waals surface area contributed by atoms with E-state index in [1.807, 2.05) is 11.3 Å². The topological polar surface area (TPSA) is 18.5 Å². The highest BCUT2D eigenvalue weighted by Gasteiger charge is 2.03. The third-order valence-corrected chi connectivity index (χ3v) is 3.83. The molecule has 1 aromatic rings. The number of hydrogen-bond acceptors (Lipinski definition) is 4. The van der Waals surface area contributed by atoms with E-state index in [-0.39, 0.29) is 0 Å². The van der Waals surface area contributed by atoms with Gasteiger partial charge in [-0.3, -0.25) is 4.90 Å². The first kappa shape index (κ1) is 15.6. The Morgan fingerprint density at radius 2 is 2.06 bits per heavy atom. The van der Waals surface area contributed by atoms with Gasteiger partial charge in [-0.1, -0.05) is 13.0 Å². The second-order valence-corrected chi connectivity index (χ2v) is 5.89. The minimum absolute atomic E-state index is 1.09. The van der Waals surface area contributed by atoms with Gasteiger partial charge in [0.05, 0.1) is 0 Å². The van der Waals surface area contributed by atoms with E-state index in [0.717, 1.165) is 32.7 Å². The molecule has 3 nitrogen and oxygen atoms in total. The molecule has 1 rings (SSSR count). The van der Waals surface area contributed by atoms with E-state index in [0.29, 0.717) is 0 Å². The second-order valence-electron chi connectivity index (χ2n) is 4.85. The summed E-state index contributed by atoms with van der Waals surface area (Å²) in [5.74, 6) is 0. The van der Waals surface area contributed by atoms with Gasteiger partial charge in [0.25, 0.3) is 0 Å². The molecule has 0 aliphatic heterocycles. The van der Waals surface area contributed by atoms with Gasteiger partial charge in [-0.05, 0) is 51.6 Å². The standard InChI is InChI=1S/C14H27N3S/c1-4-17(13-14-7-5-12-18-14)11-9-15-8-6-10-16(2)3/h5,7,12,15H,4,6,8-11,13H2,1-3H3. The van der Waals surface area contributed by atoms with Crippen LogP contribution in [-0.4, -0.2) is 56.6 Å². The average molecular weight is 269 g/mol. The summed E-state index contributed by atoms with van der Waals surface area (Å²) in [7, 11) is 4.25. The lowest BCUT2D eigenvalue weighted by Gasteiger charge is -2.20. The van der Waals surface area contributed by atoms with E-state index >= 15 is 0 Å². The molecule has 0 amide bonds. The van der Waals surface area contributed by atoms with E-state index in [1.54, 1.807) is 0 Å². The first-order chi connectivity index (χ1) is 8.72. The fourth-order valence-electron chi connectivity index (χ4n) is 1.85. The van der Waals surface area contributed by atoms with Crippen molar-refractivity contribution >= 4 is 11.3 Å². The Morgan fingerprint density at radius 1 is 1.22 bits per heavy atom. The summed E-state index contributed by atoms with van der Waals surface area (Å²) < 4.78 is 0. The van der Waals surface area contributed by atoms with E-state index in [2.05, 4.69) is 53.6 Å². The van der Waals surface area contributed by atoms with Gasteiger partial charge in [-0.25, -0.2) is 0 Å². The molecule has 0 spiro atoms. The van der Waals surface area contributed by atoms with E-state index in [9.17, 15) is 0 Å². The van der Waals surface area contributed by atoms with Crippen LogP contribution in [0.25, 0.3) is 0 Å². The maximum Gasteiger partial charge on any atom is 0.0328 e. The van der Waals surface area contributed by atoms with Crippen molar-refractivity contribution in [1.29, 1.82) is 0 Å². The number of hydrogen-bond donors (Lipinski definition) is 1. The normalized spacial score (nSPS) is 11.6. The molecule has 4 heteroatoms. The molecule has 0 bridgehead atoms. The molecule has 0 atom stereocenters. The largest absolute Gasteiger partial charge is 0.315 e. The van der Waals surface area contributed by atoms with Crippen molar-refractivity contribution in [2.45, 2.75) is 19.9 Å². The molecule has 1 heterocycles. The van der Waals surface area contributed by atoms with Crippen LogP contribution >= 0.6 is 11.3 Å². The van der Waals surface area contributed by atoms with Gasteiger partial charge in [-0.15, -0.1) is 11.3 Å². The molecule has 0 aliphatic carbocycles. The first-order valence-electron chi connectivity index (χ1n) is 6.82. The van der Waals surface area contributed by atoms with Crippen molar-refractivity contribution in [3.8, 4) is 0 Å². The van der Waals surface area contributed by atoms with Gasteiger partial charge >= 0.3 is 0 Å². The van der Waals surface area contributed by atoms with E-state index in [4.69, 9.17) is 0 Å². The van der Waals surface area contributed by atoms with Crippen molar-refractivity contribution in [2.24, 2.45) is 0 Å². The smallest absolute Gasteiger partial charge is 0.0328 e. The molecule has 0 aromatic carbocycles. The average Bonchev–Trinajstić information content (AvgIpc) is 2.84. The zero-order valence-electron chi connectivity index (χ0n) is 12.0. The summed E-state index contributed by atoms with van der Waals surface area (Å²) >= 11 is 1.85. The van der Waals surface area contributed by atoms with Crippen molar-refractivity contribution in [1.82, 2.24) is 15.1 Å². The minimum Gasteiger partial charge on any atom is -0.315 e. The number of thiophene rings is 1. The van der Waals surface area contributed by atoms with Crippen LogP contribution in [0.5, 0.6) is 0 Å². The highest BCUT2D eigenvalue weighted by molar-refractivity contribution is 7.09. The highest BCUT2D eigenvalue weighted by atomic mass is 32.1. The third-order valence-electron chi connectivity index (χ3n) is 2.97. The molecule has 0 saturated carbocycles. The summed E-state index contributed by atoms with van der Waals surface area (Å²) in [5.41, 5.74) is 0. The Labute approximate surface area is 116 Å². The lowest BCUT2D eigenvalue weighted by molar-refractivity contribution is 0.280. The monoisotopic (exact) mass is 269 g/mol. The maximum absolute atomic E-state index is 3.52. The zero-order chi connectivity index (χ0) is 13.2. The second kappa shape index (κ2) is 9.50. The van der Waals surface area contributed by atoms with Crippen molar-refractivity contribution in [2.75, 3.05) is 46.8 Å². The van der Waals surface area contributed by atoms with Gasteiger partial charge < -0.3 is 10.2 Å². The fraction of sp³-hybridized carbons (Fsp3) is 0.714. The number of likely N-dealkylation sites (N-methyl/N-ethyl adjacent to an activating group) is 1. The molecule has 0 saturated heterocycles. The Balaban J connectivity index is 2.05. The molecule has 0 fully saturated rings. The molecule has 104 valence electrons. The van der Waals surface area contributed by atoms with Crippen LogP contribution in [0.15, 0.2) is 17.5 Å². The molecule has 0 unspecified atom stereocenters. The van der Waals surface area contributed by atoms with Crippen molar-refractivity contribution in [3.63, 3.8) is 0 Å². The maximum atomic E-state index is 3.52. The van der Waals surface area contributed by atoms with Crippen LogP contribution in [0.2, 0.25) is 0 Å².